The number of thioether (sulfide) groups is 1. The minimum absolute atomic E-state index is 0.376. The number of alkyl halides is 3. The third kappa shape index (κ3) is 3.99. The Morgan fingerprint density at radius 2 is 2.00 bits per heavy atom. The molecule has 0 N–H and O–H groups in total. The normalized spacial score (nSPS) is 11.5. The van der Waals surface area contributed by atoms with Crippen molar-refractivity contribution in [3.05, 3.63) is 24.0 Å². The fourth-order valence-corrected chi connectivity index (χ4v) is 1.31. The van der Waals surface area contributed by atoms with Gasteiger partial charge in [-0.05, 0) is 24.5 Å². The summed E-state index contributed by atoms with van der Waals surface area (Å²) in [5.74, 6) is -1.17. The topological polar surface area (TPSA) is 9.23 Å². The van der Waals surface area contributed by atoms with Crippen LogP contribution in [0.3, 0.4) is 0 Å². The summed E-state index contributed by atoms with van der Waals surface area (Å²) in [4.78, 5) is 0.647. The Kier molecular flexibility index (Phi) is 3.84. The van der Waals surface area contributed by atoms with Crippen molar-refractivity contribution in [3.63, 3.8) is 0 Å². The summed E-state index contributed by atoms with van der Waals surface area (Å²) in [5, 5.41) is 0. The first kappa shape index (κ1) is 12.2. The number of hydrogen-bond donors (Lipinski definition) is 0. The van der Waals surface area contributed by atoms with Gasteiger partial charge in [-0.2, -0.15) is 13.2 Å². The highest BCUT2D eigenvalue weighted by atomic mass is 32.2. The minimum Gasteiger partial charge on any atom is -0.481 e. The summed E-state index contributed by atoms with van der Waals surface area (Å²) in [6.45, 7) is -1.48. The van der Waals surface area contributed by atoms with Gasteiger partial charge in [-0.25, -0.2) is 4.39 Å². The van der Waals surface area contributed by atoms with Gasteiger partial charge in [0.25, 0.3) is 0 Å². The molecule has 0 aromatic heterocycles. The van der Waals surface area contributed by atoms with Crippen LogP contribution in [0.25, 0.3) is 0 Å². The first-order chi connectivity index (χ1) is 6.92. The zero-order chi connectivity index (χ0) is 11.5. The maximum absolute atomic E-state index is 13.0. The average molecular weight is 240 g/mol. The first-order valence-corrected chi connectivity index (χ1v) is 5.18. The predicted octanol–water partition coefficient (Wildman–Crippen LogP) is 3.49. The van der Waals surface area contributed by atoms with Gasteiger partial charge in [0.1, 0.15) is 0 Å². The molecule has 0 radical (unpaired) electrons. The molecule has 0 unspecified atom stereocenters. The summed E-state index contributed by atoms with van der Waals surface area (Å²) in [7, 11) is 0. The van der Waals surface area contributed by atoms with E-state index < -0.39 is 18.6 Å². The van der Waals surface area contributed by atoms with Crippen molar-refractivity contribution in [1.29, 1.82) is 0 Å². The largest absolute Gasteiger partial charge is 0.481 e. The highest BCUT2D eigenvalue weighted by Gasteiger charge is 2.28. The van der Waals surface area contributed by atoms with Gasteiger partial charge in [-0.3, -0.25) is 0 Å². The molecule has 6 heteroatoms. The molecule has 1 aromatic carbocycles. The fraction of sp³-hybridized carbons (Fsp3) is 0.333. The molecule has 0 bridgehead atoms. The van der Waals surface area contributed by atoms with Crippen molar-refractivity contribution in [2.45, 2.75) is 11.1 Å². The molecular weight excluding hydrogens is 232 g/mol. The molecule has 0 amide bonds. The minimum atomic E-state index is -4.46. The lowest BCUT2D eigenvalue weighted by Gasteiger charge is -2.10. The Morgan fingerprint density at radius 1 is 1.33 bits per heavy atom. The van der Waals surface area contributed by atoms with E-state index in [-0.39, 0.29) is 5.75 Å². The second kappa shape index (κ2) is 4.74. The molecule has 15 heavy (non-hydrogen) atoms. The summed E-state index contributed by atoms with van der Waals surface area (Å²) < 4.78 is 52.7. The van der Waals surface area contributed by atoms with Crippen molar-refractivity contribution in [2.24, 2.45) is 0 Å². The highest BCUT2D eigenvalue weighted by Crippen LogP contribution is 2.26. The second-order valence-electron chi connectivity index (χ2n) is 2.70. The smallest absolute Gasteiger partial charge is 0.422 e. The van der Waals surface area contributed by atoms with Crippen molar-refractivity contribution in [1.82, 2.24) is 0 Å². The first-order valence-electron chi connectivity index (χ1n) is 3.95. The Labute approximate surface area is 88.4 Å². The Bertz CT molecular complexity index is 337. The highest BCUT2D eigenvalue weighted by molar-refractivity contribution is 7.98. The molecule has 0 aliphatic heterocycles. The van der Waals surface area contributed by atoms with Gasteiger partial charge in [0.15, 0.2) is 18.2 Å². The third-order valence-electron chi connectivity index (χ3n) is 1.53. The van der Waals surface area contributed by atoms with Crippen LogP contribution < -0.4 is 4.74 Å². The molecule has 1 rings (SSSR count). The van der Waals surface area contributed by atoms with Crippen LogP contribution in [0, 0.1) is 5.82 Å². The Morgan fingerprint density at radius 3 is 2.53 bits per heavy atom. The van der Waals surface area contributed by atoms with Gasteiger partial charge in [0.2, 0.25) is 0 Å². The van der Waals surface area contributed by atoms with E-state index in [1.165, 1.54) is 23.9 Å². The van der Waals surface area contributed by atoms with Gasteiger partial charge in [0.05, 0.1) is 0 Å². The van der Waals surface area contributed by atoms with Crippen molar-refractivity contribution >= 4 is 11.8 Å². The number of hydrogen-bond acceptors (Lipinski definition) is 2. The molecule has 0 spiro atoms. The van der Waals surface area contributed by atoms with E-state index in [1.54, 1.807) is 6.26 Å². The standard InChI is InChI=1S/C9H8F4OS/c1-15-6-2-3-7(10)8(4-6)14-5-9(11,12)13/h2-4H,5H2,1H3. The van der Waals surface area contributed by atoms with Crippen LogP contribution in [0.1, 0.15) is 0 Å². The quantitative estimate of drug-likeness (QED) is 0.590. The van der Waals surface area contributed by atoms with Gasteiger partial charge >= 0.3 is 6.18 Å². The summed E-state index contributed by atoms with van der Waals surface area (Å²) in [6.07, 6.45) is -2.72. The molecule has 0 atom stereocenters. The van der Waals surface area contributed by atoms with E-state index in [2.05, 4.69) is 4.74 Å². The SMILES string of the molecule is CSc1ccc(F)c(OCC(F)(F)F)c1. The monoisotopic (exact) mass is 240 g/mol. The zero-order valence-electron chi connectivity index (χ0n) is 7.77. The van der Waals surface area contributed by atoms with E-state index in [9.17, 15) is 17.6 Å². The van der Waals surface area contributed by atoms with Crippen LogP contribution in [0.2, 0.25) is 0 Å². The van der Waals surface area contributed by atoms with E-state index >= 15 is 0 Å². The van der Waals surface area contributed by atoms with Crippen molar-refractivity contribution in [3.8, 4) is 5.75 Å². The van der Waals surface area contributed by atoms with Crippen molar-refractivity contribution < 1.29 is 22.3 Å². The number of rotatable bonds is 3. The average Bonchev–Trinajstić information content (AvgIpc) is 2.15. The van der Waals surface area contributed by atoms with E-state index in [0.717, 1.165) is 6.07 Å². The van der Waals surface area contributed by atoms with Crippen LogP contribution in [0.5, 0.6) is 5.75 Å². The van der Waals surface area contributed by atoms with E-state index in [4.69, 9.17) is 0 Å². The fourth-order valence-electron chi connectivity index (χ4n) is 0.881. The van der Waals surface area contributed by atoms with Gasteiger partial charge in [-0.15, -0.1) is 11.8 Å². The van der Waals surface area contributed by atoms with Gasteiger partial charge < -0.3 is 4.74 Å². The lowest BCUT2D eigenvalue weighted by atomic mass is 10.3. The molecular formula is C9H8F4OS. The molecule has 0 aliphatic rings. The second-order valence-corrected chi connectivity index (χ2v) is 3.58. The predicted molar refractivity (Wildman–Crippen MR) is 49.7 cm³/mol. The maximum Gasteiger partial charge on any atom is 0.422 e. The van der Waals surface area contributed by atoms with E-state index in [1.807, 2.05) is 0 Å². The molecule has 1 nitrogen and oxygen atoms in total. The van der Waals surface area contributed by atoms with E-state index in [0.29, 0.717) is 4.90 Å². The van der Waals surface area contributed by atoms with Crippen LogP contribution in [0.4, 0.5) is 17.6 Å². The lowest BCUT2D eigenvalue weighted by molar-refractivity contribution is -0.153. The summed E-state index contributed by atoms with van der Waals surface area (Å²) in [6, 6.07) is 3.80. The van der Waals surface area contributed by atoms with Crippen LogP contribution >= 0.6 is 11.8 Å². The van der Waals surface area contributed by atoms with Crippen molar-refractivity contribution in [2.75, 3.05) is 12.9 Å². The molecule has 0 heterocycles. The molecule has 0 saturated carbocycles. The number of benzene rings is 1. The Balaban J connectivity index is 2.75. The summed E-state index contributed by atoms with van der Waals surface area (Å²) in [5.41, 5.74) is 0. The molecule has 0 aliphatic carbocycles. The Hall–Kier alpha value is -0.910. The van der Waals surface area contributed by atoms with Gasteiger partial charge in [-0.1, -0.05) is 0 Å². The van der Waals surface area contributed by atoms with Crippen LogP contribution in [-0.2, 0) is 0 Å². The zero-order valence-corrected chi connectivity index (χ0v) is 8.58. The summed E-state index contributed by atoms with van der Waals surface area (Å²) >= 11 is 1.30. The van der Waals surface area contributed by atoms with Crippen LogP contribution in [-0.4, -0.2) is 19.0 Å². The molecule has 84 valence electrons. The maximum atomic E-state index is 13.0. The number of halogens is 4. The molecule has 1 aromatic rings. The molecule has 0 fully saturated rings. The third-order valence-corrected chi connectivity index (χ3v) is 2.26. The molecule has 0 saturated heterocycles. The number of ether oxygens (including phenoxy) is 1. The van der Waals surface area contributed by atoms with Crippen LogP contribution in [0.15, 0.2) is 23.1 Å². The lowest BCUT2D eigenvalue weighted by Crippen LogP contribution is -2.19. The van der Waals surface area contributed by atoms with Gasteiger partial charge in [0, 0.05) is 4.90 Å².